The minimum atomic E-state index is -0.360. The molecule has 0 radical (unpaired) electrons. The minimum Gasteiger partial charge on any atom is -0.497 e. The van der Waals surface area contributed by atoms with Gasteiger partial charge in [0.05, 0.1) is 45.8 Å². The molecule has 9 aromatic heterocycles. The quantitative estimate of drug-likeness (QED) is 0.0466. The summed E-state index contributed by atoms with van der Waals surface area (Å²) in [6.45, 7) is 1.32. The van der Waals surface area contributed by atoms with E-state index in [-0.39, 0.29) is 11.6 Å². The largest absolute Gasteiger partial charge is 0.497 e. The van der Waals surface area contributed by atoms with Gasteiger partial charge in [-0.3, -0.25) is 9.97 Å². The highest BCUT2D eigenvalue weighted by molar-refractivity contribution is 6.31. The van der Waals surface area contributed by atoms with E-state index in [0.29, 0.717) is 80.8 Å². The molecule has 9 heterocycles. The van der Waals surface area contributed by atoms with Gasteiger partial charge < -0.3 is 36.3 Å². The van der Waals surface area contributed by atoms with Crippen molar-refractivity contribution in [2.24, 2.45) is 0 Å². The van der Waals surface area contributed by atoms with Crippen molar-refractivity contribution >= 4 is 135 Å². The summed E-state index contributed by atoms with van der Waals surface area (Å²) < 4.78 is 33.5. The van der Waals surface area contributed by atoms with E-state index < -0.39 is 0 Å². The van der Waals surface area contributed by atoms with Crippen LogP contribution in [0.2, 0.25) is 10.0 Å². The molecule has 0 unspecified atom stereocenters. The van der Waals surface area contributed by atoms with E-state index in [4.69, 9.17) is 47.9 Å². The average Bonchev–Trinajstić information content (AvgIpc) is 1.09. The van der Waals surface area contributed by atoms with E-state index in [1.54, 1.807) is 74.4 Å². The SMILES string of the molecule is COc1ccc(Nc2nc(-c3ccccc3F)nc3ccccc23)cc1.Clc1ccc(-c2nc(NCc3cccnc3)c3ccccc3n2)cc1.Clc1ccc(-c2nc(NCc3ccncc3)c3ccccc3n2)cc1.Fc1ccccc1-c1nc(Nc2ccncn2)c2ccccc2n1.c1ccc(-c2nc(Nc3cccc4[nH]ccc34)c3ccccc3n2)cc1. The van der Waals surface area contributed by atoms with Crippen LogP contribution in [-0.4, -0.2) is 81.9 Å². The van der Waals surface area contributed by atoms with Gasteiger partial charge in [0.2, 0.25) is 0 Å². The molecule has 0 saturated carbocycles. The van der Waals surface area contributed by atoms with Crippen LogP contribution in [0.3, 0.4) is 0 Å². The predicted molar refractivity (Wildman–Crippen MR) is 501 cm³/mol. The Morgan fingerprint density at radius 1 is 0.325 bits per heavy atom. The molecule has 21 aromatic rings. The molecule has 12 aromatic carbocycles. The van der Waals surface area contributed by atoms with Crippen molar-refractivity contribution in [2.75, 3.05) is 33.7 Å². The first-order valence-electron chi connectivity index (χ1n) is 40.0. The third kappa shape index (κ3) is 20.1. The van der Waals surface area contributed by atoms with Crippen molar-refractivity contribution in [2.45, 2.75) is 13.1 Å². The van der Waals surface area contributed by atoms with Crippen molar-refractivity contribution < 1.29 is 13.5 Å². The highest BCUT2D eigenvalue weighted by Crippen LogP contribution is 2.36. The van der Waals surface area contributed by atoms with E-state index >= 15 is 0 Å². The van der Waals surface area contributed by atoms with Gasteiger partial charge in [0.1, 0.15) is 58.6 Å². The van der Waals surface area contributed by atoms with Gasteiger partial charge in [-0.25, -0.2) is 68.6 Å². The normalized spacial score (nSPS) is 10.8. The third-order valence-corrected chi connectivity index (χ3v) is 20.4. The van der Waals surface area contributed by atoms with Crippen LogP contribution >= 0.6 is 23.2 Å². The number of methoxy groups -OCH3 is 1. The van der Waals surface area contributed by atoms with Gasteiger partial charge in [-0.2, -0.15) is 0 Å². The van der Waals surface area contributed by atoms with Crippen LogP contribution in [0.4, 0.5) is 55.1 Å². The predicted octanol–water partition coefficient (Wildman–Crippen LogP) is 24.6. The van der Waals surface area contributed by atoms with E-state index in [2.05, 4.69) is 99.6 Å². The number of pyridine rings is 2. The molecule has 0 aliphatic carbocycles. The maximum atomic E-state index is 14.2. The number of rotatable bonds is 18. The number of nitrogens with zero attached hydrogens (tertiary/aromatic N) is 14. The number of para-hydroxylation sites is 5. The maximum absolute atomic E-state index is 14.2. The van der Waals surface area contributed by atoms with Crippen LogP contribution < -0.4 is 31.3 Å². The van der Waals surface area contributed by atoms with Gasteiger partial charge >= 0.3 is 0 Å². The molecule has 0 spiro atoms. The van der Waals surface area contributed by atoms with Crippen molar-refractivity contribution in [3.63, 3.8) is 0 Å². The summed E-state index contributed by atoms with van der Waals surface area (Å²) in [5.41, 5.74) is 13.0. The molecular weight excluding hydrogens is 1620 g/mol. The first-order valence-corrected chi connectivity index (χ1v) is 40.7. The van der Waals surface area contributed by atoms with Crippen molar-refractivity contribution in [1.82, 2.24) is 74.8 Å². The Morgan fingerprint density at radius 3 is 1.25 bits per heavy atom. The van der Waals surface area contributed by atoms with Gasteiger partial charge in [0.15, 0.2) is 29.1 Å². The van der Waals surface area contributed by atoms with Crippen molar-refractivity contribution in [3.05, 3.63) is 404 Å². The van der Waals surface area contributed by atoms with E-state index in [1.807, 2.05) is 267 Å². The fourth-order valence-corrected chi connectivity index (χ4v) is 13.9. The molecule has 0 saturated heterocycles. The number of benzene rings is 12. The maximum Gasteiger partial charge on any atom is 0.165 e. The van der Waals surface area contributed by atoms with Crippen LogP contribution in [0.15, 0.2) is 371 Å². The number of fused-ring (bicyclic) bond motifs is 6. The summed E-state index contributed by atoms with van der Waals surface area (Å²) in [6.07, 6.45) is 12.2. The standard InChI is InChI=1S/C22H16N4.C21H16FN3O.2C20H15ClN4.C18H12FN5/c1-2-7-15(8-3-1)21-24-20-10-5-4-9-17(20)22(26-21)25-19-12-6-11-18-16(19)13-14-23-18;1-26-15-12-10-14(11-13-15)23-21-17-7-3-5-9-19(17)24-20(25-21)16-6-2-4-8-18(16)22;21-16-9-7-15(8-10-16)19-24-18-6-2-1-5-17(18)20(25-19)23-13-14-4-3-11-22-12-14;21-16-7-5-15(6-8-16)19-24-18-4-2-1-3-17(18)20(25-19)23-13-14-9-11-22-12-10-14;19-14-7-3-1-5-12(14)17-22-15-8-4-2-6-13(15)18(24-17)23-16-9-10-20-11-21-16/h1-14,23H,(H,24,25,26);2-13H,1H3,(H,23,24,25);2*1-12H,13H2,(H,23,24,25);1-11H,(H,20,21,22,23,24). The summed E-state index contributed by atoms with van der Waals surface area (Å²) >= 11 is 12.0. The molecule has 6 N–H and O–H groups in total. The van der Waals surface area contributed by atoms with Crippen LogP contribution in [0.25, 0.3) is 122 Å². The molecular formula is C101H74Cl2F2N20O. The van der Waals surface area contributed by atoms with E-state index in [9.17, 15) is 8.78 Å². The lowest BCUT2D eigenvalue weighted by Crippen LogP contribution is -2.04. The number of aromatic nitrogens is 15. The summed E-state index contributed by atoms with van der Waals surface area (Å²) in [6, 6.07) is 103. The molecule has 0 fully saturated rings. The van der Waals surface area contributed by atoms with Crippen LogP contribution in [-0.2, 0) is 13.1 Å². The second-order valence-electron chi connectivity index (χ2n) is 28.3. The van der Waals surface area contributed by atoms with Gasteiger partial charge in [0, 0.05) is 126 Å². The fraction of sp³-hybridized carbons (Fsp3) is 0.0297. The molecule has 0 amide bonds. The summed E-state index contributed by atoms with van der Waals surface area (Å²) in [5, 5.41) is 24.0. The molecule has 25 heteroatoms. The number of aromatic amines is 1. The Bertz CT molecular complexity index is 7140. The number of nitrogens with one attached hydrogen (secondary N) is 6. The summed E-state index contributed by atoms with van der Waals surface area (Å²) in [7, 11) is 1.63. The number of hydrogen-bond acceptors (Lipinski definition) is 20. The lowest BCUT2D eigenvalue weighted by Gasteiger charge is -2.12. The van der Waals surface area contributed by atoms with Gasteiger partial charge in [-0.15, -0.1) is 0 Å². The smallest absolute Gasteiger partial charge is 0.165 e. The fourth-order valence-electron chi connectivity index (χ4n) is 13.6. The van der Waals surface area contributed by atoms with Crippen LogP contribution in [0.1, 0.15) is 11.1 Å². The van der Waals surface area contributed by atoms with E-state index in [0.717, 1.165) is 128 Å². The van der Waals surface area contributed by atoms with E-state index in [1.165, 1.54) is 18.5 Å². The average molecular weight is 1690 g/mol. The Balaban J connectivity index is 0.000000111. The first kappa shape index (κ1) is 81.8. The second-order valence-corrected chi connectivity index (χ2v) is 29.1. The molecule has 0 atom stereocenters. The molecule has 0 bridgehead atoms. The molecule has 126 heavy (non-hydrogen) atoms. The summed E-state index contributed by atoms with van der Waals surface area (Å²) in [4.78, 5) is 66.0. The number of H-pyrrole nitrogens is 1. The second kappa shape index (κ2) is 39.4. The lowest BCUT2D eigenvalue weighted by molar-refractivity contribution is 0.415. The van der Waals surface area contributed by atoms with Crippen LogP contribution in [0.5, 0.6) is 5.75 Å². The zero-order valence-corrected chi connectivity index (χ0v) is 68.8. The lowest BCUT2D eigenvalue weighted by atomic mass is 10.1. The number of ether oxygens (including phenoxy) is 1. The van der Waals surface area contributed by atoms with Gasteiger partial charge in [-0.1, -0.05) is 151 Å². The Hall–Kier alpha value is -16.5. The Labute approximate surface area is 732 Å². The number of hydrogen-bond donors (Lipinski definition) is 6. The monoisotopic (exact) mass is 1690 g/mol. The topological polar surface area (TPSA) is 266 Å². The number of anilines is 8. The Morgan fingerprint density at radius 2 is 0.762 bits per heavy atom. The van der Waals surface area contributed by atoms with Gasteiger partial charge in [0.25, 0.3) is 0 Å². The highest BCUT2D eigenvalue weighted by Gasteiger charge is 2.19. The van der Waals surface area contributed by atoms with Crippen LogP contribution in [0, 0.1) is 11.6 Å². The first-order chi connectivity index (χ1) is 62.0. The molecule has 612 valence electrons. The van der Waals surface area contributed by atoms with Crippen molar-refractivity contribution in [3.8, 4) is 62.7 Å². The molecule has 0 aliphatic rings. The van der Waals surface area contributed by atoms with Gasteiger partial charge in [-0.05, 0) is 211 Å². The Kier molecular flexibility index (Phi) is 25.6. The summed E-state index contributed by atoms with van der Waals surface area (Å²) in [5.74, 6) is 7.01. The molecule has 0 aliphatic heterocycles. The van der Waals surface area contributed by atoms with Crippen molar-refractivity contribution in [1.29, 1.82) is 0 Å². The zero-order chi connectivity index (χ0) is 85.8. The minimum absolute atomic E-state index is 0.323. The highest BCUT2D eigenvalue weighted by atomic mass is 35.5. The molecule has 21 rings (SSSR count). The third-order valence-electron chi connectivity index (χ3n) is 19.9. The number of halogens is 4. The zero-order valence-electron chi connectivity index (χ0n) is 67.3. The molecule has 21 nitrogen and oxygen atoms in total.